The van der Waals surface area contributed by atoms with Gasteiger partial charge in [0.15, 0.2) is 0 Å². The fourth-order valence-corrected chi connectivity index (χ4v) is 2.02. The second kappa shape index (κ2) is 5.83. The summed E-state index contributed by atoms with van der Waals surface area (Å²) < 4.78 is 5.57. The molecule has 0 saturated carbocycles. The maximum Gasteiger partial charge on any atom is 0.139 e. The molecule has 0 amide bonds. The third-order valence-corrected chi connectivity index (χ3v) is 3.35. The van der Waals surface area contributed by atoms with Crippen LogP contribution in [-0.4, -0.2) is 11.7 Å². The summed E-state index contributed by atoms with van der Waals surface area (Å²) in [6.07, 6.45) is 0. The van der Waals surface area contributed by atoms with Crippen molar-refractivity contribution in [2.75, 3.05) is 6.61 Å². The van der Waals surface area contributed by atoms with Gasteiger partial charge >= 0.3 is 0 Å². The Labute approximate surface area is 122 Å². The van der Waals surface area contributed by atoms with Crippen LogP contribution in [0.3, 0.4) is 0 Å². The molecule has 2 aromatic carbocycles. The fraction of sp³-hybridized carbons (Fsp3) is 0.200. The van der Waals surface area contributed by atoms with E-state index in [1.165, 1.54) is 0 Å². The molecule has 0 aromatic heterocycles. The Morgan fingerprint density at radius 3 is 2.47 bits per heavy atom. The predicted octanol–water partition coefficient (Wildman–Crippen LogP) is 4.28. The second-order valence-electron chi connectivity index (χ2n) is 4.50. The third-order valence-electron chi connectivity index (χ3n) is 2.80. The average Bonchev–Trinajstić information content (AvgIpc) is 2.41. The Morgan fingerprint density at radius 1 is 1.11 bits per heavy atom. The first-order valence-electron chi connectivity index (χ1n) is 5.85. The summed E-state index contributed by atoms with van der Waals surface area (Å²) in [5.41, 5.74) is -0.305. The zero-order valence-corrected chi connectivity index (χ0v) is 11.9. The first kappa shape index (κ1) is 14.2. The SMILES string of the molecule is CC(O)(COc1cc(Cl)ccc1Cl)c1ccccc1. The minimum Gasteiger partial charge on any atom is -0.489 e. The Morgan fingerprint density at radius 2 is 1.79 bits per heavy atom. The van der Waals surface area contributed by atoms with Crippen molar-refractivity contribution in [3.63, 3.8) is 0 Å². The number of halogens is 2. The van der Waals surface area contributed by atoms with Crippen LogP contribution in [0.4, 0.5) is 0 Å². The van der Waals surface area contributed by atoms with E-state index in [2.05, 4.69) is 0 Å². The number of rotatable bonds is 4. The Balaban J connectivity index is 2.12. The van der Waals surface area contributed by atoms with Crippen molar-refractivity contribution in [1.29, 1.82) is 0 Å². The fourth-order valence-electron chi connectivity index (χ4n) is 1.69. The Kier molecular flexibility index (Phi) is 4.35. The molecule has 0 spiro atoms. The average molecular weight is 297 g/mol. The first-order chi connectivity index (χ1) is 8.99. The summed E-state index contributed by atoms with van der Waals surface area (Å²) in [4.78, 5) is 0. The molecular weight excluding hydrogens is 283 g/mol. The number of ether oxygens (including phenoxy) is 1. The van der Waals surface area contributed by atoms with E-state index in [4.69, 9.17) is 27.9 Å². The highest BCUT2D eigenvalue weighted by Gasteiger charge is 2.24. The number of benzene rings is 2. The van der Waals surface area contributed by atoms with Gasteiger partial charge in [-0.2, -0.15) is 0 Å². The lowest BCUT2D eigenvalue weighted by atomic mass is 9.97. The first-order valence-corrected chi connectivity index (χ1v) is 6.60. The zero-order chi connectivity index (χ0) is 13.9. The van der Waals surface area contributed by atoms with E-state index < -0.39 is 5.60 Å². The van der Waals surface area contributed by atoms with Crippen molar-refractivity contribution in [2.24, 2.45) is 0 Å². The third kappa shape index (κ3) is 3.63. The summed E-state index contributed by atoms with van der Waals surface area (Å²) in [6.45, 7) is 1.79. The molecule has 2 aromatic rings. The van der Waals surface area contributed by atoms with Crippen LogP contribution in [0.15, 0.2) is 48.5 Å². The Hall–Kier alpha value is -1.22. The normalized spacial score (nSPS) is 13.9. The molecule has 0 saturated heterocycles. The van der Waals surface area contributed by atoms with E-state index in [-0.39, 0.29) is 6.61 Å². The van der Waals surface area contributed by atoms with Crippen LogP contribution in [0.1, 0.15) is 12.5 Å². The van der Waals surface area contributed by atoms with Gasteiger partial charge in [0, 0.05) is 11.1 Å². The lowest BCUT2D eigenvalue weighted by molar-refractivity contribution is 0.00764. The van der Waals surface area contributed by atoms with Crippen LogP contribution in [0, 0.1) is 0 Å². The smallest absolute Gasteiger partial charge is 0.139 e. The second-order valence-corrected chi connectivity index (χ2v) is 5.35. The maximum absolute atomic E-state index is 10.4. The van der Waals surface area contributed by atoms with Crippen molar-refractivity contribution in [2.45, 2.75) is 12.5 Å². The van der Waals surface area contributed by atoms with Gasteiger partial charge in [0.05, 0.1) is 5.02 Å². The van der Waals surface area contributed by atoms with Crippen molar-refractivity contribution in [3.8, 4) is 5.75 Å². The van der Waals surface area contributed by atoms with Crippen molar-refractivity contribution in [3.05, 3.63) is 64.1 Å². The monoisotopic (exact) mass is 296 g/mol. The molecule has 0 bridgehead atoms. The molecule has 2 nitrogen and oxygen atoms in total. The van der Waals surface area contributed by atoms with Crippen LogP contribution in [0.2, 0.25) is 10.0 Å². The number of hydrogen-bond acceptors (Lipinski definition) is 2. The van der Waals surface area contributed by atoms with Crippen LogP contribution >= 0.6 is 23.2 Å². The summed E-state index contributed by atoms with van der Waals surface area (Å²) in [6, 6.07) is 14.3. The molecule has 2 rings (SSSR count). The molecule has 1 unspecified atom stereocenters. The topological polar surface area (TPSA) is 29.5 Å². The van der Waals surface area contributed by atoms with E-state index in [0.717, 1.165) is 5.56 Å². The highest BCUT2D eigenvalue weighted by molar-refractivity contribution is 6.34. The molecule has 0 aliphatic heterocycles. The van der Waals surface area contributed by atoms with Gasteiger partial charge in [-0.3, -0.25) is 0 Å². The van der Waals surface area contributed by atoms with Crippen molar-refractivity contribution < 1.29 is 9.84 Å². The molecule has 0 fully saturated rings. The molecular formula is C15H14Cl2O2. The van der Waals surface area contributed by atoms with E-state index in [9.17, 15) is 5.11 Å². The summed E-state index contributed by atoms with van der Waals surface area (Å²) in [5, 5.41) is 11.4. The minimum atomic E-state index is -1.09. The lowest BCUT2D eigenvalue weighted by Gasteiger charge is -2.24. The summed E-state index contributed by atoms with van der Waals surface area (Å²) in [5.74, 6) is 0.463. The molecule has 19 heavy (non-hydrogen) atoms. The highest BCUT2D eigenvalue weighted by atomic mass is 35.5. The van der Waals surface area contributed by atoms with Crippen molar-refractivity contribution >= 4 is 23.2 Å². The van der Waals surface area contributed by atoms with E-state index in [1.807, 2.05) is 30.3 Å². The van der Waals surface area contributed by atoms with Gasteiger partial charge in [-0.15, -0.1) is 0 Å². The van der Waals surface area contributed by atoms with Gasteiger partial charge in [0.1, 0.15) is 18.0 Å². The quantitative estimate of drug-likeness (QED) is 0.912. The number of hydrogen-bond donors (Lipinski definition) is 1. The highest BCUT2D eigenvalue weighted by Crippen LogP contribution is 2.29. The molecule has 4 heteroatoms. The molecule has 0 heterocycles. The zero-order valence-electron chi connectivity index (χ0n) is 10.4. The van der Waals surface area contributed by atoms with Gasteiger partial charge in [-0.25, -0.2) is 0 Å². The van der Waals surface area contributed by atoms with Gasteiger partial charge in [0.25, 0.3) is 0 Å². The lowest BCUT2D eigenvalue weighted by Crippen LogP contribution is -2.29. The summed E-state index contributed by atoms with van der Waals surface area (Å²) in [7, 11) is 0. The van der Waals surface area contributed by atoms with E-state index in [0.29, 0.717) is 15.8 Å². The molecule has 0 aliphatic carbocycles. The number of aliphatic hydroxyl groups is 1. The van der Waals surface area contributed by atoms with E-state index in [1.54, 1.807) is 25.1 Å². The van der Waals surface area contributed by atoms with Crippen LogP contribution in [-0.2, 0) is 5.60 Å². The molecule has 0 radical (unpaired) electrons. The minimum absolute atomic E-state index is 0.0943. The van der Waals surface area contributed by atoms with Crippen LogP contribution in [0.5, 0.6) is 5.75 Å². The van der Waals surface area contributed by atoms with Crippen LogP contribution in [0.25, 0.3) is 0 Å². The predicted molar refractivity (Wildman–Crippen MR) is 78.0 cm³/mol. The van der Waals surface area contributed by atoms with E-state index >= 15 is 0 Å². The molecule has 0 aliphatic rings. The summed E-state index contributed by atoms with van der Waals surface area (Å²) >= 11 is 11.9. The van der Waals surface area contributed by atoms with Gasteiger partial charge in [-0.1, -0.05) is 53.5 Å². The Bertz CT molecular complexity index is 553. The van der Waals surface area contributed by atoms with Gasteiger partial charge < -0.3 is 9.84 Å². The van der Waals surface area contributed by atoms with Gasteiger partial charge in [0.2, 0.25) is 0 Å². The largest absolute Gasteiger partial charge is 0.489 e. The van der Waals surface area contributed by atoms with Crippen molar-refractivity contribution in [1.82, 2.24) is 0 Å². The standard InChI is InChI=1S/C15H14Cl2O2/c1-15(18,11-5-3-2-4-6-11)10-19-14-9-12(16)7-8-13(14)17/h2-9,18H,10H2,1H3. The van der Waals surface area contributed by atoms with Gasteiger partial charge in [-0.05, 0) is 24.6 Å². The molecule has 1 atom stereocenters. The van der Waals surface area contributed by atoms with Crippen LogP contribution < -0.4 is 4.74 Å². The molecule has 1 N–H and O–H groups in total. The maximum atomic E-state index is 10.4. The molecule has 100 valence electrons.